The number of amides is 1. The molecule has 19 heavy (non-hydrogen) atoms. The highest BCUT2D eigenvalue weighted by molar-refractivity contribution is 5.75. The summed E-state index contributed by atoms with van der Waals surface area (Å²) in [5, 5.41) is 9.41. The molecule has 5 heteroatoms. The highest BCUT2D eigenvalue weighted by Crippen LogP contribution is 2.33. The predicted molar refractivity (Wildman–Crippen MR) is 74.0 cm³/mol. The van der Waals surface area contributed by atoms with Crippen LogP contribution in [0.5, 0.6) is 0 Å². The first-order valence-electron chi connectivity index (χ1n) is 7.07. The predicted octanol–water partition coefficient (Wildman–Crippen LogP) is 1.43. The zero-order chi connectivity index (χ0) is 14.5. The molecule has 5 nitrogen and oxygen atoms in total. The van der Waals surface area contributed by atoms with Crippen molar-refractivity contribution in [3.05, 3.63) is 0 Å². The second-order valence-corrected chi connectivity index (χ2v) is 5.71. The van der Waals surface area contributed by atoms with Crippen molar-refractivity contribution in [1.29, 1.82) is 0 Å². The molecule has 1 amide bonds. The molecule has 0 bridgehead atoms. The van der Waals surface area contributed by atoms with E-state index >= 15 is 0 Å². The lowest BCUT2D eigenvalue weighted by Gasteiger charge is -2.39. The molecule has 0 aromatic rings. The monoisotopic (exact) mass is 270 g/mol. The van der Waals surface area contributed by atoms with Crippen LogP contribution in [-0.2, 0) is 9.59 Å². The van der Waals surface area contributed by atoms with E-state index in [-0.39, 0.29) is 5.91 Å². The minimum absolute atomic E-state index is 0.136. The number of hydrogen-bond acceptors (Lipinski definition) is 3. The van der Waals surface area contributed by atoms with Gasteiger partial charge in [0.15, 0.2) is 0 Å². The second-order valence-electron chi connectivity index (χ2n) is 5.71. The summed E-state index contributed by atoms with van der Waals surface area (Å²) >= 11 is 0. The van der Waals surface area contributed by atoms with E-state index in [4.69, 9.17) is 0 Å². The molecule has 1 aliphatic heterocycles. The third kappa shape index (κ3) is 4.20. The van der Waals surface area contributed by atoms with Gasteiger partial charge in [-0.2, -0.15) is 0 Å². The molecule has 1 unspecified atom stereocenters. The molecule has 1 rings (SSSR count). The SMILES string of the molecule is CCC1(C(=O)O)CCCN(CCCC(=O)N(C)C)C1. The minimum atomic E-state index is -0.677. The maximum Gasteiger partial charge on any atom is 0.310 e. The van der Waals surface area contributed by atoms with Gasteiger partial charge < -0.3 is 14.9 Å². The van der Waals surface area contributed by atoms with E-state index in [0.717, 1.165) is 32.4 Å². The Bertz CT molecular complexity index is 331. The zero-order valence-electron chi connectivity index (χ0n) is 12.3. The van der Waals surface area contributed by atoms with Gasteiger partial charge in [-0.3, -0.25) is 9.59 Å². The van der Waals surface area contributed by atoms with E-state index in [9.17, 15) is 14.7 Å². The van der Waals surface area contributed by atoms with E-state index in [0.29, 0.717) is 19.4 Å². The third-order valence-electron chi connectivity index (χ3n) is 4.15. The Labute approximate surface area is 115 Å². The third-order valence-corrected chi connectivity index (χ3v) is 4.15. The van der Waals surface area contributed by atoms with Gasteiger partial charge in [-0.1, -0.05) is 6.92 Å². The van der Waals surface area contributed by atoms with Gasteiger partial charge in [0.1, 0.15) is 0 Å². The van der Waals surface area contributed by atoms with Gasteiger partial charge in [-0.15, -0.1) is 0 Å². The standard InChI is InChI=1S/C14H26N2O3/c1-4-14(13(18)19)8-6-10-16(11-14)9-5-7-12(17)15(2)3/h4-11H2,1-3H3,(H,18,19). The molecule has 1 aliphatic rings. The molecular formula is C14H26N2O3. The van der Waals surface area contributed by atoms with Crippen LogP contribution in [0.3, 0.4) is 0 Å². The van der Waals surface area contributed by atoms with Gasteiger partial charge in [-0.25, -0.2) is 0 Å². The Kier molecular flexibility index (Phi) is 5.79. The molecule has 1 saturated heterocycles. The molecule has 1 fully saturated rings. The number of carbonyl (C=O) groups excluding carboxylic acids is 1. The van der Waals surface area contributed by atoms with Gasteiger partial charge in [-0.05, 0) is 38.8 Å². The maximum absolute atomic E-state index is 11.5. The molecular weight excluding hydrogens is 244 g/mol. The first-order valence-corrected chi connectivity index (χ1v) is 7.07. The number of aliphatic carboxylic acids is 1. The van der Waals surface area contributed by atoms with Crippen molar-refractivity contribution in [3.8, 4) is 0 Å². The molecule has 0 spiro atoms. The van der Waals surface area contributed by atoms with Gasteiger partial charge in [0.25, 0.3) is 0 Å². The molecule has 110 valence electrons. The lowest BCUT2D eigenvalue weighted by atomic mass is 9.77. The summed E-state index contributed by atoms with van der Waals surface area (Å²) in [6.07, 6.45) is 3.72. The normalized spacial score (nSPS) is 24.2. The Morgan fingerprint density at radius 3 is 2.58 bits per heavy atom. The van der Waals surface area contributed by atoms with Crippen molar-refractivity contribution in [2.75, 3.05) is 33.7 Å². The van der Waals surface area contributed by atoms with Crippen LogP contribution in [0.1, 0.15) is 39.0 Å². The molecule has 0 aromatic carbocycles. The van der Waals surface area contributed by atoms with E-state index in [1.54, 1.807) is 19.0 Å². The average molecular weight is 270 g/mol. The summed E-state index contributed by atoms with van der Waals surface area (Å²) in [7, 11) is 3.52. The number of nitrogens with zero attached hydrogens (tertiary/aromatic N) is 2. The molecule has 1 heterocycles. The van der Waals surface area contributed by atoms with Crippen molar-refractivity contribution in [2.24, 2.45) is 5.41 Å². The fraction of sp³-hybridized carbons (Fsp3) is 0.857. The first-order chi connectivity index (χ1) is 8.91. The Hall–Kier alpha value is -1.10. The molecule has 0 saturated carbocycles. The van der Waals surface area contributed by atoms with Crippen LogP contribution < -0.4 is 0 Å². The van der Waals surface area contributed by atoms with Crippen molar-refractivity contribution < 1.29 is 14.7 Å². The van der Waals surface area contributed by atoms with E-state index in [2.05, 4.69) is 4.90 Å². The Morgan fingerprint density at radius 1 is 1.37 bits per heavy atom. The van der Waals surface area contributed by atoms with E-state index in [1.165, 1.54) is 0 Å². The number of carboxylic acid groups (broad SMARTS) is 1. The van der Waals surface area contributed by atoms with Crippen LogP contribution in [0.25, 0.3) is 0 Å². The zero-order valence-corrected chi connectivity index (χ0v) is 12.3. The van der Waals surface area contributed by atoms with Crippen LogP contribution in [0.15, 0.2) is 0 Å². The fourth-order valence-electron chi connectivity index (χ4n) is 2.71. The topological polar surface area (TPSA) is 60.9 Å². The van der Waals surface area contributed by atoms with E-state index in [1.807, 2.05) is 6.92 Å². The van der Waals surface area contributed by atoms with Crippen molar-refractivity contribution in [2.45, 2.75) is 39.0 Å². The second kappa shape index (κ2) is 6.89. The van der Waals surface area contributed by atoms with Crippen LogP contribution in [0, 0.1) is 5.41 Å². The van der Waals surface area contributed by atoms with Crippen LogP contribution in [0.4, 0.5) is 0 Å². The van der Waals surface area contributed by atoms with Crippen molar-refractivity contribution in [1.82, 2.24) is 9.80 Å². The molecule has 1 N–H and O–H groups in total. The molecule has 1 atom stereocenters. The highest BCUT2D eigenvalue weighted by Gasteiger charge is 2.40. The van der Waals surface area contributed by atoms with Crippen molar-refractivity contribution >= 4 is 11.9 Å². The van der Waals surface area contributed by atoms with Crippen LogP contribution in [0.2, 0.25) is 0 Å². The molecule has 0 radical (unpaired) electrons. The number of carboxylic acids is 1. The summed E-state index contributed by atoms with van der Waals surface area (Å²) in [6, 6.07) is 0. The van der Waals surface area contributed by atoms with Crippen LogP contribution in [-0.4, -0.2) is 60.5 Å². The number of carbonyl (C=O) groups is 2. The summed E-state index contributed by atoms with van der Waals surface area (Å²) in [4.78, 5) is 26.7. The van der Waals surface area contributed by atoms with E-state index < -0.39 is 11.4 Å². The highest BCUT2D eigenvalue weighted by atomic mass is 16.4. The fourth-order valence-corrected chi connectivity index (χ4v) is 2.71. The Balaban J connectivity index is 2.43. The molecule has 0 aliphatic carbocycles. The largest absolute Gasteiger partial charge is 0.481 e. The number of piperidine rings is 1. The lowest BCUT2D eigenvalue weighted by Crippen LogP contribution is -2.47. The summed E-state index contributed by atoms with van der Waals surface area (Å²) in [5.41, 5.74) is -0.580. The molecule has 0 aromatic heterocycles. The van der Waals surface area contributed by atoms with Crippen molar-refractivity contribution in [3.63, 3.8) is 0 Å². The minimum Gasteiger partial charge on any atom is -0.481 e. The van der Waals surface area contributed by atoms with Gasteiger partial charge in [0.05, 0.1) is 5.41 Å². The number of hydrogen-bond donors (Lipinski definition) is 1. The summed E-state index contributed by atoms with van der Waals surface area (Å²) in [6.45, 7) is 4.34. The van der Waals surface area contributed by atoms with Gasteiger partial charge in [0, 0.05) is 27.1 Å². The number of likely N-dealkylation sites (tertiary alicyclic amines) is 1. The smallest absolute Gasteiger partial charge is 0.310 e. The van der Waals surface area contributed by atoms with Gasteiger partial charge in [0.2, 0.25) is 5.91 Å². The maximum atomic E-state index is 11.5. The summed E-state index contributed by atoms with van der Waals surface area (Å²) < 4.78 is 0. The average Bonchev–Trinajstić information content (AvgIpc) is 2.38. The summed E-state index contributed by atoms with van der Waals surface area (Å²) in [5.74, 6) is -0.541. The lowest BCUT2D eigenvalue weighted by molar-refractivity contribution is -0.153. The number of rotatable bonds is 6. The quantitative estimate of drug-likeness (QED) is 0.793. The Morgan fingerprint density at radius 2 is 2.05 bits per heavy atom. The van der Waals surface area contributed by atoms with Crippen LogP contribution >= 0.6 is 0 Å². The van der Waals surface area contributed by atoms with Gasteiger partial charge >= 0.3 is 5.97 Å². The first kappa shape index (κ1) is 16.0.